The molecule has 0 aromatic heterocycles. The number of carbonyl (C=O) groups is 2. The fourth-order valence-electron chi connectivity index (χ4n) is 6.66. The average Bonchev–Trinajstić information content (AvgIpc) is 3.21. The molecule has 2 unspecified atom stereocenters. The number of aliphatic hydroxyl groups is 1. The van der Waals surface area contributed by atoms with Gasteiger partial charge in [0.15, 0.2) is 5.78 Å². The van der Waals surface area contributed by atoms with Crippen molar-refractivity contribution in [1.82, 2.24) is 0 Å². The Hall–Kier alpha value is -5.00. The van der Waals surface area contributed by atoms with E-state index >= 15 is 0 Å². The molecule has 51 heavy (non-hydrogen) atoms. The minimum atomic E-state index is -4.66. The van der Waals surface area contributed by atoms with E-state index in [0.29, 0.717) is 29.0 Å². The fraction of sp³-hybridized carbons (Fsp3) is 0.282. The van der Waals surface area contributed by atoms with Gasteiger partial charge in [0.2, 0.25) is 5.91 Å². The van der Waals surface area contributed by atoms with Crippen molar-refractivity contribution in [3.63, 3.8) is 0 Å². The van der Waals surface area contributed by atoms with Gasteiger partial charge in [-0.1, -0.05) is 80.0 Å². The Balaban J connectivity index is 1.38. The molecule has 0 spiro atoms. The Bertz CT molecular complexity index is 1980. The van der Waals surface area contributed by atoms with Gasteiger partial charge in [-0.05, 0) is 59.4 Å². The molecule has 4 aromatic rings. The summed E-state index contributed by atoms with van der Waals surface area (Å²) in [5.41, 5.74) is 0.960. The van der Waals surface area contributed by atoms with Crippen LogP contribution in [-0.2, 0) is 22.4 Å². The molecule has 0 bridgehead atoms. The molecular weight excluding hydrogens is 683 g/mol. The smallest absolute Gasteiger partial charge is 0.418 e. The quantitative estimate of drug-likeness (QED) is 0.101. The lowest BCUT2D eigenvalue weighted by atomic mass is 9.73. The normalized spacial score (nSPS) is 17.5. The summed E-state index contributed by atoms with van der Waals surface area (Å²) in [6, 6.07) is 22.9. The van der Waals surface area contributed by atoms with Gasteiger partial charge in [-0.25, -0.2) is 0 Å². The number of alkyl halides is 3. The number of nitrogens with zero attached hydrogens (tertiary/aromatic N) is 1. The van der Waals surface area contributed by atoms with Crippen molar-refractivity contribution in [1.29, 1.82) is 0 Å². The maximum Gasteiger partial charge on any atom is 0.418 e. The van der Waals surface area contributed by atoms with E-state index in [1.165, 1.54) is 29.2 Å². The van der Waals surface area contributed by atoms with Crippen LogP contribution in [0.25, 0.3) is 0 Å². The van der Waals surface area contributed by atoms with Crippen molar-refractivity contribution < 1.29 is 37.7 Å². The molecular formula is C39H37ClF3N3O5. The van der Waals surface area contributed by atoms with Crippen molar-refractivity contribution in [2.75, 3.05) is 15.5 Å². The van der Waals surface area contributed by atoms with Crippen molar-refractivity contribution in [2.24, 2.45) is 5.41 Å². The molecule has 2 atom stereocenters. The molecule has 0 radical (unpaired) electrons. The molecule has 1 amide bonds. The molecule has 0 fully saturated rings. The van der Waals surface area contributed by atoms with Crippen LogP contribution in [0.1, 0.15) is 62.3 Å². The van der Waals surface area contributed by atoms with Gasteiger partial charge in [-0.2, -0.15) is 13.2 Å². The molecule has 4 N–H and O–H groups in total. The molecule has 1 heterocycles. The number of aliphatic hydroxyl groups excluding tert-OH is 1. The minimum absolute atomic E-state index is 0.158. The molecule has 0 saturated carbocycles. The van der Waals surface area contributed by atoms with Gasteiger partial charge in [0.1, 0.15) is 30.0 Å². The summed E-state index contributed by atoms with van der Waals surface area (Å²) in [4.78, 5) is 29.9. The summed E-state index contributed by atoms with van der Waals surface area (Å²) < 4.78 is 46.8. The summed E-state index contributed by atoms with van der Waals surface area (Å²) in [7, 11) is 0. The van der Waals surface area contributed by atoms with Crippen LogP contribution in [0.5, 0.6) is 11.5 Å². The number of benzene rings is 4. The van der Waals surface area contributed by atoms with E-state index in [4.69, 9.17) is 16.3 Å². The molecule has 6 rings (SSSR count). The molecule has 12 heteroatoms. The van der Waals surface area contributed by atoms with Gasteiger partial charge < -0.3 is 25.6 Å². The third-order valence-electron chi connectivity index (χ3n) is 8.98. The summed E-state index contributed by atoms with van der Waals surface area (Å²) in [5, 5.41) is 27.8. The number of Topliss-reactive ketones (excluding diaryl/α,β-unsaturated/α-hetero) is 1. The third-order valence-corrected chi connectivity index (χ3v) is 9.30. The van der Waals surface area contributed by atoms with Gasteiger partial charge in [-0.3, -0.25) is 14.5 Å². The SMILES string of the molecule is CC1(C)CC(=O)C2=C(C1)Nc1c(O)cccc1N(C(=O)CCC(O)Nc1ccccc1C(F)(F)F)C2c1ccc(OCc2ccccc2)cc1Cl. The van der Waals surface area contributed by atoms with Crippen molar-refractivity contribution in [3.8, 4) is 11.5 Å². The van der Waals surface area contributed by atoms with E-state index in [2.05, 4.69) is 10.6 Å². The highest BCUT2D eigenvalue weighted by molar-refractivity contribution is 6.31. The number of fused-ring (bicyclic) bond motifs is 1. The topological polar surface area (TPSA) is 111 Å². The van der Waals surface area contributed by atoms with Gasteiger partial charge in [0.05, 0.1) is 17.3 Å². The maximum atomic E-state index is 14.4. The number of allylic oxidation sites excluding steroid dienone is 1. The fourth-order valence-corrected chi connectivity index (χ4v) is 6.94. The van der Waals surface area contributed by atoms with E-state index in [1.807, 2.05) is 44.2 Å². The number of rotatable bonds is 9. The number of phenols is 1. The zero-order valence-electron chi connectivity index (χ0n) is 27.9. The summed E-state index contributed by atoms with van der Waals surface area (Å²) in [6.07, 6.45) is -6.19. The Morgan fingerprint density at radius 1 is 1.04 bits per heavy atom. The summed E-state index contributed by atoms with van der Waals surface area (Å²) in [6.45, 7) is 4.21. The predicted octanol–water partition coefficient (Wildman–Crippen LogP) is 9.00. The van der Waals surface area contributed by atoms with E-state index in [1.54, 1.807) is 30.3 Å². The molecule has 0 saturated heterocycles. The van der Waals surface area contributed by atoms with Crippen LogP contribution in [0.15, 0.2) is 102 Å². The Kier molecular flexibility index (Phi) is 10.1. The number of para-hydroxylation sites is 2. The molecule has 8 nitrogen and oxygen atoms in total. The number of anilines is 3. The van der Waals surface area contributed by atoms with Crippen LogP contribution in [-0.4, -0.2) is 28.1 Å². The first-order valence-corrected chi connectivity index (χ1v) is 16.8. The average molecular weight is 720 g/mol. The largest absolute Gasteiger partial charge is 0.506 e. The van der Waals surface area contributed by atoms with E-state index < -0.39 is 35.3 Å². The van der Waals surface area contributed by atoms with E-state index in [9.17, 15) is 33.0 Å². The lowest BCUT2D eigenvalue weighted by Gasteiger charge is -2.37. The number of halogens is 4. The van der Waals surface area contributed by atoms with Crippen LogP contribution in [0, 0.1) is 5.41 Å². The highest BCUT2D eigenvalue weighted by Crippen LogP contribution is 2.51. The molecule has 1 aliphatic heterocycles. The second-order valence-corrected chi connectivity index (χ2v) is 13.9. The molecule has 4 aromatic carbocycles. The number of carbonyl (C=O) groups excluding carboxylic acids is 2. The molecule has 2 aliphatic rings. The maximum absolute atomic E-state index is 14.4. The highest BCUT2D eigenvalue weighted by Gasteiger charge is 2.44. The first-order valence-electron chi connectivity index (χ1n) is 16.5. The third kappa shape index (κ3) is 7.84. The number of hydrogen-bond donors (Lipinski definition) is 4. The van der Waals surface area contributed by atoms with Crippen molar-refractivity contribution >= 4 is 40.4 Å². The number of amides is 1. The highest BCUT2D eigenvalue weighted by atomic mass is 35.5. The van der Waals surface area contributed by atoms with Gasteiger partial charge in [0, 0.05) is 41.2 Å². The van der Waals surface area contributed by atoms with Crippen molar-refractivity contribution in [3.05, 3.63) is 124 Å². The zero-order valence-corrected chi connectivity index (χ0v) is 28.7. The van der Waals surface area contributed by atoms with Crippen LogP contribution in [0.2, 0.25) is 5.02 Å². The Morgan fingerprint density at radius 2 is 1.76 bits per heavy atom. The van der Waals surface area contributed by atoms with Crippen LogP contribution in [0.4, 0.5) is 30.2 Å². The van der Waals surface area contributed by atoms with Gasteiger partial charge >= 0.3 is 6.18 Å². The number of aromatic hydroxyl groups is 1. The Labute approximate surface area is 298 Å². The van der Waals surface area contributed by atoms with Gasteiger partial charge in [-0.15, -0.1) is 0 Å². The number of ether oxygens (including phenoxy) is 1. The number of hydrogen-bond acceptors (Lipinski definition) is 7. The van der Waals surface area contributed by atoms with Crippen LogP contribution in [0.3, 0.4) is 0 Å². The van der Waals surface area contributed by atoms with Gasteiger partial charge in [0.25, 0.3) is 0 Å². The van der Waals surface area contributed by atoms with Crippen LogP contribution >= 0.6 is 11.6 Å². The monoisotopic (exact) mass is 719 g/mol. The first kappa shape index (κ1) is 35.8. The number of phenolic OH excluding ortho intramolecular Hbond substituents is 1. The first-order chi connectivity index (χ1) is 24.2. The second-order valence-electron chi connectivity index (χ2n) is 13.5. The minimum Gasteiger partial charge on any atom is -0.506 e. The van der Waals surface area contributed by atoms with E-state index in [-0.39, 0.29) is 59.5 Å². The zero-order chi connectivity index (χ0) is 36.5. The number of ketones is 1. The standard InChI is InChI=1S/C39H37ClF3N3O5/c1-38(2)20-29-35(32(48)21-38)37(25-16-15-24(19-27(25)40)51-22-23-9-4-3-5-10-23)46(30-13-8-14-31(47)36(30)45-29)34(50)18-17-33(49)44-28-12-7-6-11-26(28)39(41,42)43/h3-16,19,33,37,44-45,47,49H,17-18,20-22H2,1-2H3. The predicted molar refractivity (Wildman–Crippen MR) is 190 cm³/mol. The lowest BCUT2D eigenvalue weighted by Crippen LogP contribution is -2.40. The lowest BCUT2D eigenvalue weighted by molar-refractivity contribution is -0.137. The molecule has 1 aliphatic carbocycles. The van der Waals surface area contributed by atoms with Crippen LogP contribution < -0.4 is 20.3 Å². The number of nitrogens with one attached hydrogen (secondary N) is 2. The Morgan fingerprint density at radius 3 is 2.49 bits per heavy atom. The van der Waals surface area contributed by atoms with E-state index in [0.717, 1.165) is 11.6 Å². The van der Waals surface area contributed by atoms with Crippen molar-refractivity contribution in [2.45, 2.75) is 64.6 Å². The molecule has 266 valence electrons. The second kappa shape index (κ2) is 14.3. The summed E-state index contributed by atoms with van der Waals surface area (Å²) >= 11 is 6.97. The summed E-state index contributed by atoms with van der Waals surface area (Å²) in [5.74, 6) is -0.469.